The monoisotopic (exact) mass is 236 g/mol. The van der Waals surface area contributed by atoms with Gasteiger partial charge < -0.3 is 10.4 Å². The van der Waals surface area contributed by atoms with Crippen molar-refractivity contribution < 1.29 is 9.90 Å². The summed E-state index contributed by atoms with van der Waals surface area (Å²) in [7, 11) is 0. The van der Waals surface area contributed by atoms with Gasteiger partial charge in [0.05, 0.1) is 0 Å². The molecule has 0 atom stereocenters. The number of nitrogens with zero attached hydrogens (tertiary/aromatic N) is 1. The standard InChI is InChI=1S/C13H20N2O2/c1-11-7-6-9-14-12(11)13(17)15-8-4-2-3-5-10-16/h6-7,9,16H,2-5,8,10H2,1H3,(H,15,17). The van der Waals surface area contributed by atoms with E-state index in [-0.39, 0.29) is 12.5 Å². The molecule has 0 saturated carbocycles. The number of aliphatic hydroxyl groups is 1. The number of carbonyl (C=O) groups is 1. The number of hydrogen-bond acceptors (Lipinski definition) is 3. The van der Waals surface area contributed by atoms with E-state index >= 15 is 0 Å². The number of pyridine rings is 1. The van der Waals surface area contributed by atoms with Crippen molar-refractivity contribution in [1.29, 1.82) is 0 Å². The Hall–Kier alpha value is -1.42. The number of unbranched alkanes of at least 4 members (excludes halogenated alkanes) is 3. The molecule has 0 aromatic carbocycles. The minimum absolute atomic E-state index is 0.106. The third kappa shape index (κ3) is 4.95. The van der Waals surface area contributed by atoms with E-state index in [1.807, 2.05) is 19.1 Å². The number of aliphatic hydroxyl groups excluding tert-OH is 1. The highest BCUT2D eigenvalue weighted by molar-refractivity contribution is 5.93. The van der Waals surface area contributed by atoms with Gasteiger partial charge in [-0.3, -0.25) is 9.78 Å². The molecule has 4 nitrogen and oxygen atoms in total. The van der Waals surface area contributed by atoms with Crippen molar-refractivity contribution in [3.63, 3.8) is 0 Å². The number of rotatable bonds is 7. The van der Waals surface area contributed by atoms with Crippen LogP contribution in [0.4, 0.5) is 0 Å². The molecule has 0 unspecified atom stereocenters. The maximum atomic E-state index is 11.7. The Morgan fingerprint density at radius 1 is 1.35 bits per heavy atom. The van der Waals surface area contributed by atoms with Crippen molar-refractivity contribution in [2.24, 2.45) is 0 Å². The van der Waals surface area contributed by atoms with E-state index in [4.69, 9.17) is 5.11 Å². The van der Waals surface area contributed by atoms with Crippen LogP contribution in [-0.2, 0) is 0 Å². The van der Waals surface area contributed by atoms with E-state index in [1.54, 1.807) is 6.20 Å². The Kier molecular flexibility index (Phi) is 6.25. The van der Waals surface area contributed by atoms with Crippen LogP contribution < -0.4 is 5.32 Å². The van der Waals surface area contributed by atoms with Gasteiger partial charge in [-0.1, -0.05) is 18.9 Å². The Morgan fingerprint density at radius 2 is 2.12 bits per heavy atom. The molecule has 0 saturated heterocycles. The second-order valence-corrected chi connectivity index (χ2v) is 4.06. The molecule has 1 aromatic rings. The first-order chi connectivity index (χ1) is 8.25. The van der Waals surface area contributed by atoms with E-state index in [0.29, 0.717) is 12.2 Å². The summed E-state index contributed by atoms with van der Waals surface area (Å²) in [5.41, 5.74) is 1.40. The van der Waals surface area contributed by atoms with Gasteiger partial charge in [0.15, 0.2) is 0 Å². The number of aryl methyl sites for hydroxylation is 1. The van der Waals surface area contributed by atoms with Crippen LogP contribution in [0.2, 0.25) is 0 Å². The number of carbonyl (C=O) groups excluding carboxylic acids is 1. The molecule has 1 amide bonds. The van der Waals surface area contributed by atoms with E-state index in [2.05, 4.69) is 10.3 Å². The van der Waals surface area contributed by atoms with E-state index in [0.717, 1.165) is 31.2 Å². The third-order valence-electron chi connectivity index (χ3n) is 2.59. The topological polar surface area (TPSA) is 62.2 Å². The van der Waals surface area contributed by atoms with Crippen LogP contribution in [-0.4, -0.2) is 29.1 Å². The average Bonchev–Trinajstić information content (AvgIpc) is 2.34. The second-order valence-electron chi connectivity index (χ2n) is 4.06. The zero-order valence-corrected chi connectivity index (χ0v) is 10.3. The predicted octanol–water partition coefficient (Wildman–Crippen LogP) is 1.67. The minimum atomic E-state index is -0.106. The maximum Gasteiger partial charge on any atom is 0.270 e. The quantitative estimate of drug-likeness (QED) is 0.708. The maximum absolute atomic E-state index is 11.7. The summed E-state index contributed by atoms with van der Waals surface area (Å²) in [5.74, 6) is -0.106. The van der Waals surface area contributed by atoms with E-state index < -0.39 is 0 Å². The lowest BCUT2D eigenvalue weighted by Crippen LogP contribution is -2.26. The molecule has 0 aliphatic rings. The Balaban J connectivity index is 2.24. The smallest absolute Gasteiger partial charge is 0.270 e. The summed E-state index contributed by atoms with van der Waals surface area (Å²) in [4.78, 5) is 15.8. The fourth-order valence-corrected chi connectivity index (χ4v) is 1.60. The minimum Gasteiger partial charge on any atom is -0.396 e. The number of hydrogen-bond donors (Lipinski definition) is 2. The molecule has 0 radical (unpaired) electrons. The zero-order chi connectivity index (χ0) is 12.5. The van der Waals surface area contributed by atoms with Crippen molar-refractivity contribution in [3.05, 3.63) is 29.6 Å². The first kappa shape index (κ1) is 13.6. The molecule has 0 bridgehead atoms. The van der Waals surface area contributed by atoms with Gasteiger partial charge in [-0.2, -0.15) is 0 Å². The highest BCUT2D eigenvalue weighted by Gasteiger charge is 2.08. The Morgan fingerprint density at radius 3 is 2.82 bits per heavy atom. The summed E-state index contributed by atoms with van der Waals surface area (Å²) in [6.07, 6.45) is 5.45. The SMILES string of the molecule is Cc1cccnc1C(=O)NCCCCCCO. The van der Waals surface area contributed by atoms with Crippen molar-refractivity contribution in [2.45, 2.75) is 32.6 Å². The van der Waals surface area contributed by atoms with E-state index in [9.17, 15) is 4.79 Å². The van der Waals surface area contributed by atoms with Gasteiger partial charge in [0.2, 0.25) is 0 Å². The predicted molar refractivity (Wildman–Crippen MR) is 66.9 cm³/mol. The van der Waals surface area contributed by atoms with Crippen LogP contribution in [0.15, 0.2) is 18.3 Å². The lowest BCUT2D eigenvalue weighted by molar-refractivity contribution is 0.0947. The fraction of sp³-hybridized carbons (Fsp3) is 0.538. The molecule has 0 aliphatic heterocycles. The molecule has 1 aromatic heterocycles. The third-order valence-corrected chi connectivity index (χ3v) is 2.59. The fourth-order valence-electron chi connectivity index (χ4n) is 1.60. The highest BCUT2D eigenvalue weighted by Crippen LogP contribution is 2.03. The van der Waals surface area contributed by atoms with Crippen molar-refractivity contribution in [2.75, 3.05) is 13.2 Å². The number of nitrogens with one attached hydrogen (secondary N) is 1. The molecule has 17 heavy (non-hydrogen) atoms. The van der Waals surface area contributed by atoms with Crippen molar-refractivity contribution in [1.82, 2.24) is 10.3 Å². The van der Waals surface area contributed by atoms with Crippen LogP contribution in [0.25, 0.3) is 0 Å². The normalized spacial score (nSPS) is 10.2. The summed E-state index contributed by atoms with van der Waals surface area (Å²) < 4.78 is 0. The molecule has 0 fully saturated rings. The van der Waals surface area contributed by atoms with Gasteiger partial charge in [-0.25, -0.2) is 0 Å². The van der Waals surface area contributed by atoms with Crippen LogP contribution in [0.1, 0.15) is 41.7 Å². The van der Waals surface area contributed by atoms with Crippen LogP contribution in [0, 0.1) is 6.92 Å². The molecule has 94 valence electrons. The van der Waals surface area contributed by atoms with Crippen LogP contribution in [0.5, 0.6) is 0 Å². The van der Waals surface area contributed by atoms with Gasteiger partial charge in [-0.05, 0) is 31.4 Å². The molecule has 4 heteroatoms. The highest BCUT2D eigenvalue weighted by atomic mass is 16.2. The Bertz CT molecular complexity index is 353. The number of amides is 1. The van der Waals surface area contributed by atoms with Crippen molar-refractivity contribution in [3.8, 4) is 0 Å². The van der Waals surface area contributed by atoms with E-state index in [1.165, 1.54) is 0 Å². The second kappa shape index (κ2) is 7.79. The summed E-state index contributed by atoms with van der Waals surface area (Å²) in [6, 6.07) is 3.70. The van der Waals surface area contributed by atoms with Gasteiger partial charge >= 0.3 is 0 Å². The van der Waals surface area contributed by atoms with Gasteiger partial charge in [0.1, 0.15) is 5.69 Å². The molecule has 2 N–H and O–H groups in total. The molecule has 0 aliphatic carbocycles. The summed E-state index contributed by atoms with van der Waals surface area (Å²) in [6.45, 7) is 2.79. The lowest BCUT2D eigenvalue weighted by Gasteiger charge is -2.06. The first-order valence-electron chi connectivity index (χ1n) is 6.06. The van der Waals surface area contributed by atoms with Crippen LogP contribution >= 0.6 is 0 Å². The lowest BCUT2D eigenvalue weighted by atomic mass is 10.2. The van der Waals surface area contributed by atoms with Gasteiger partial charge in [0.25, 0.3) is 5.91 Å². The van der Waals surface area contributed by atoms with Crippen molar-refractivity contribution >= 4 is 5.91 Å². The molecular weight excluding hydrogens is 216 g/mol. The first-order valence-corrected chi connectivity index (χ1v) is 6.06. The summed E-state index contributed by atoms with van der Waals surface area (Å²) in [5, 5.41) is 11.5. The largest absolute Gasteiger partial charge is 0.396 e. The van der Waals surface area contributed by atoms with Gasteiger partial charge in [0, 0.05) is 19.3 Å². The number of aromatic nitrogens is 1. The molecule has 0 spiro atoms. The zero-order valence-electron chi connectivity index (χ0n) is 10.3. The Labute approximate surface area is 102 Å². The molecular formula is C13H20N2O2. The average molecular weight is 236 g/mol. The van der Waals surface area contributed by atoms with Crippen LogP contribution in [0.3, 0.4) is 0 Å². The van der Waals surface area contributed by atoms with Gasteiger partial charge in [-0.15, -0.1) is 0 Å². The summed E-state index contributed by atoms with van der Waals surface area (Å²) >= 11 is 0. The molecule has 1 heterocycles. The molecule has 1 rings (SSSR count).